The number of nitrogens with zero attached hydrogens (tertiary/aromatic N) is 1. The number of carbonyl (C=O) groups excluding carboxylic acids is 1. The van der Waals surface area contributed by atoms with E-state index in [-0.39, 0.29) is 30.3 Å². The van der Waals surface area contributed by atoms with E-state index in [9.17, 15) is 22.2 Å². The second kappa shape index (κ2) is 4.97. The van der Waals surface area contributed by atoms with Crippen LogP contribution in [0.5, 0.6) is 5.75 Å². The fraction of sp³-hybridized carbons (Fsp3) is 0.364. The summed E-state index contributed by atoms with van der Waals surface area (Å²) in [6.45, 7) is 0.0528. The van der Waals surface area contributed by atoms with E-state index < -0.39 is 21.9 Å². The highest BCUT2D eigenvalue weighted by molar-refractivity contribution is 7.86. The van der Waals surface area contributed by atoms with Gasteiger partial charge in [-0.1, -0.05) is 11.6 Å². The van der Waals surface area contributed by atoms with Crippen LogP contribution < -0.4 is 4.90 Å². The summed E-state index contributed by atoms with van der Waals surface area (Å²) in [5.74, 6) is -1.84. The van der Waals surface area contributed by atoms with Gasteiger partial charge >= 0.3 is 10.2 Å². The average Bonchev–Trinajstić information content (AvgIpc) is 2.56. The largest absolute Gasteiger partial charge is 0.506 e. The summed E-state index contributed by atoms with van der Waals surface area (Å²) >= 11 is 5.68. The van der Waals surface area contributed by atoms with Crippen molar-refractivity contribution in [3.05, 3.63) is 23.2 Å². The molecule has 0 spiro atoms. The zero-order valence-corrected chi connectivity index (χ0v) is 11.3. The Balaban J connectivity index is 2.20. The van der Waals surface area contributed by atoms with Gasteiger partial charge in [0.15, 0.2) is 0 Å². The molecule has 104 valence electrons. The lowest BCUT2D eigenvalue weighted by Gasteiger charge is -2.17. The molecule has 1 aromatic carbocycles. The molecule has 1 aromatic rings. The van der Waals surface area contributed by atoms with E-state index in [4.69, 9.17) is 11.6 Å². The van der Waals surface area contributed by atoms with Gasteiger partial charge in [0.1, 0.15) is 5.75 Å². The van der Waals surface area contributed by atoms with Crippen LogP contribution >= 0.6 is 11.6 Å². The molecule has 1 aliphatic heterocycles. The molecule has 0 radical (unpaired) electrons. The van der Waals surface area contributed by atoms with Crippen LogP contribution in [0.4, 0.5) is 9.57 Å². The normalized spacial score (nSPS) is 20.0. The van der Waals surface area contributed by atoms with Crippen LogP contribution in [0, 0.1) is 5.92 Å². The van der Waals surface area contributed by atoms with Crippen LogP contribution in [-0.4, -0.2) is 31.7 Å². The summed E-state index contributed by atoms with van der Waals surface area (Å²) in [5, 5.41) is 10.0. The fourth-order valence-corrected chi connectivity index (χ4v) is 3.09. The molecular weight excluding hydrogens is 297 g/mol. The first-order valence-electron chi connectivity index (χ1n) is 5.47. The van der Waals surface area contributed by atoms with E-state index >= 15 is 0 Å². The van der Waals surface area contributed by atoms with Crippen LogP contribution in [0.15, 0.2) is 18.2 Å². The first-order chi connectivity index (χ1) is 8.76. The van der Waals surface area contributed by atoms with Gasteiger partial charge in [-0.3, -0.25) is 4.79 Å². The van der Waals surface area contributed by atoms with Crippen molar-refractivity contribution in [2.75, 3.05) is 17.2 Å². The third-order valence-corrected chi connectivity index (χ3v) is 3.97. The van der Waals surface area contributed by atoms with Crippen LogP contribution in [0.25, 0.3) is 0 Å². The molecule has 19 heavy (non-hydrogen) atoms. The summed E-state index contributed by atoms with van der Waals surface area (Å²) in [6.07, 6.45) is -0.0643. The maximum atomic E-state index is 12.6. The Labute approximate surface area is 114 Å². The van der Waals surface area contributed by atoms with Crippen molar-refractivity contribution in [3.63, 3.8) is 0 Å². The summed E-state index contributed by atoms with van der Waals surface area (Å²) < 4.78 is 33.8. The molecule has 2 rings (SSSR count). The number of phenolic OH excluding ortho intramolecular Hbond substituents is 1. The van der Waals surface area contributed by atoms with Gasteiger partial charge < -0.3 is 10.0 Å². The number of hydrogen-bond donors (Lipinski definition) is 1. The Kier molecular flexibility index (Phi) is 3.69. The quantitative estimate of drug-likeness (QED) is 0.862. The third kappa shape index (κ3) is 3.36. The van der Waals surface area contributed by atoms with Crippen LogP contribution in [-0.2, 0) is 15.0 Å². The molecule has 0 aromatic heterocycles. The van der Waals surface area contributed by atoms with Crippen molar-refractivity contribution in [2.45, 2.75) is 6.42 Å². The molecule has 0 saturated carbocycles. The molecule has 1 N–H and O–H groups in total. The van der Waals surface area contributed by atoms with Gasteiger partial charge in [-0.25, -0.2) is 0 Å². The standard InChI is InChI=1S/C11H11ClFNO4S/c12-8-1-2-9(10(15)4-8)14-5-7(3-11(14)16)6-19(13,17)18/h1-2,4,7,15H,3,5-6H2. The third-order valence-electron chi connectivity index (χ3n) is 2.87. The van der Waals surface area contributed by atoms with Gasteiger partial charge in [0.05, 0.1) is 11.4 Å². The van der Waals surface area contributed by atoms with Crippen molar-refractivity contribution >= 4 is 33.4 Å². The fourth-order valence-electron chi connectivity index (χ4n) is 2.13. The van der Waals surface area contributed by atoms with Gasteiger partial charge in [-0.2, -0.15) is 8.42 Å². The Morgan fingerprint density at radius 1 is 1.47 bits per heavy atom. The second-order valence-corrected chi connectivity index (χ2v) is 6.26. The van der Waals surface area contributed by atoms with E-state index in [0.29, 0.717) is 5.02 Å². The number of aromatic hydroxyl groups is 1. The van der Waals surface area contributed by atoms with Gasteiger partial charge in [0.25, 0.3) is 0 Å². The maximum Gasteiger partial charge on any atom is 0.302 e. The van der Waals surface area contributed by atoms with Gasteiger partial charge in [0.2, 0.25) is 5.91 Å². The molecule has 1 amide bonds. The predicted molar refractivity (Wildman–Crippen MR) is 68.5 cm³/mol. The Morgan fingerprint density at radius 2 is 2.16 bits per heavy atom. The molecule has 8 heteroatoms. The number of rotatable bonds is 3. The zero-order chi connectivity index (χ0) is 14.2. The van der Waals surface area contributed by atoms with Gasteiger partial charge in [0, 0.05) is 30.0 Å². The highest BCUT2D eigenvalue weighted by Crippen LogP contribution is 2.34. The molecule has 1 fully saturated rings. The van der Waals surface area contributed by atoms with Gasteiger partial charge in [-0.05, 0) is 12.1 Å². The molecule has 1 atom stereocenters. The van der Waals surface area contributed by atoms with Crippen molar-refractivity contribution in [1.82, 2.24) is 0 Å². The molecule has 0 aliphatic carbocycles. The summed E-state index contributed by atoms with van der Waals surface area (Å²) in [4.78, 5) is 13.0. The molecule has 1 aliphatic rings. The number of halogens is 2. The van der Waals surface area contributed by atoms with E-state index in [1.807, 2.05) is 0 Å². The van der Waals surface area contributed by atoms with Crippen molar-refractivity contribution in [2.24, 2.45) is 5.92 Å². The summed E-state index contributed by atoms with van der Waals surface area (Å²) in [5.41, 5.74) is 0.244. The highest BCUT2D eigenvalue weighted by Gasteiger charge is 2.34. The lowest BCUT2D eigenvalue weighted by atomic mass is 10.1. The van der Waals surface area contributed by atoms with Crippen molar-refractivity contribution in [3.8, 4) is 5.75 Å². The lowest BCUT2D eigenvalue weighted by Crippen LogP contribution is -2.25. The molecule has 1 unspecified atom stereocenters. The van der Waals surface area contributed by atoms with Crippen molar-refractivity contribution < 1.29 is 22.2 Å². The maximum absolute atomic E-state index is 12.6. The number of benzene rings is 1. The number of hydrogen-bond acceptors (Lipinski definition) is 4. The summed E-state index contributed by atoms with van der Waals surface area (Å²) in [6, 6.07) is 4.24. The number of amides is 1. The Morgan fingerprint density at radius 3 is 2.74 bits per heavy atom. The highest BCUT2D eigenvalue weighted by atomic mass is 35.5. The Bertz CT molecular complexity index is 619. The number of phenols is 1. The minimum absolute atomic E-state index is 0.0528. The van der Waals surface area contributed by atoms with E-state index in [2.05, 4.69) is 0 Å². The zero-order valence-electron chi connectivity index (χ0n) is 9.71. The van der Waals surface area contributed by atoms with Crippen LogP contribution in [0.2, 0.25) is 5.02 Å². The molecule has 1 saturated heterocycles. The molecule has 5 nitrogen and oxygen atoms in total. The van der Waals surface area contributed by atoms with Crippen molar-refractivity contribution in [1.29, 1.82) is 0 Å². The predicted octanol–water partition coefficient (Wildman–Crippen LogP) is 1.70. The summed E-state index contributed by atoms with van der Waals surface area (Å²) in [7, 11) is -4.62. The van der Waals surface area contributed by atoms with Gasteiger partial charge in [-0.15, -0.1) is 3.89 Å². The lowest BCUT2D eigenvalue weighted by molar-refractivity contribution is -0.117. The average molecular weight is 308 g/mol. The van der Waals surface area contributed by atoms with Crippen LogP contribution in [0.1, 0.15) is 6.42 Å². The topological polar surface area (TPSA) is 74.7 Å². The minimum atomic E-state index is -4.62. The second-order valence-electron chi connectivity index (χ2n) is 4.41. The minimum Gasteiger partial charge on any atom is -0.506 e. The first-order valence-corrected chi connectivity index (χ1v) is 7.40. The smallest absolute Gasteiger partial charge is 0.302 e. The number of carbonyl (C=O) groups is 1. The molecular formula is C11H11ClFNO4S. The SMILES string of the molecule is O=C1CC(CS(=O)(=O)F)CN1c1ccc(Cl)cc1O. The monoisotopic (exact) mass is 307 g/mol. The van der Waals surface area contributed by atoms with E-state index in [1.165, 1.54) is 23.1 Å². The number of anilines is 1. The molecule has 0 bridgehead atoms. The first kappa shape index (κ1) is 14.1. The van der Waals surface area contributed by atoms with E-state index in [1.54, 1.807) is 0 Å². The molecule has 1 heterocycles. The van der Waals surface area contributed by atoms with Crippen LogP contribution in [0.3, 0.4) is 0 Å². The Hall–Kier alpha value is -1.34. The van der Waals surface area contributed by atoms with E-state index in [0.717, 1.165) is 0 Å².